The van der Waals surface area contributed by atoms with Gasteiger partial charge in [-0.3, -0.25) is 9.59 Å². The number of ether oxygens (including phenoxy) is 2. The standard InChI is InChI=1S/C22H23N3O4/c1-28-17-8-5-7-16(15-17)18-12-13-22(27)25(24-18)14-6-11-21(26)23-19-9-3-4-10-20(19)29-2/h3-5,7-10,12-13,15H,6,11,14H2,1-2H3,(H,23,26). The number of benzene rings is 2. The van der Waals surface area contributed by atoms with Crippen LogP contribution in [0.4, 0.5) is 5.69 Å². The quantitative estimate of drug-likeness (QED) is 0.635. The van der Waals surface area contributed by atoms with Gasteiger partial charge in [0.05, 0.1) is 25.6 Å². The molecule has 0 bridgehead atoms. The third-order valence-corrected chi connectivity index (χ3v) is 4.39. The average Bonchev–Trinajstić information content (AvgIpc) is 2.75. The third kappa shape index (κ3) is 5.22. The van der Waals surface area contributed by atoms with Gasteiger partial charge in [-0.2, -0.15) is 5.10 Å². The van der Waals surface area contributed by atoms with Gasteiger partial charge in [0.15, 0.2) is 0 Å². The van der Waals surface area contributed by atoms with E-state index in [4.69, 9.17) is 9.47 Å². The molecule has 0 saturated heterocycles. The van der Waals surface area contributed by atoms with E-state index in [1.165, 1.54) is 10.7 Å². The van der Waals surface area contributed by atoms with Crippen molar-refractivity contribution in [3.05, 3.63) is 71.0 Å². The molecule has 3 rings (SSSR count). The van der Waals surface area contributed by atoms with E-state index in [1.807, 2.05) is 36.4 Å². The van der Waals surface area contributed by atoms with Crippen molar-refractivity contribution in [3.63, 3.8) is 0 Å². The molecule has 29 heavy (non-hydrogen) atoms. The highest BCUT2D eigenvalue weighted by Gasteiger charge is 2.08. The van der Waals surface area contributed by atoms with Gasteiger partial charge in [0.2, 0.25) is 5.91 Å². The van der Waals surface area contributed by atoms with Crippen molar-refractivity contribution in [2.75, 3.05) is 19.5 Å². The summed E-state index contributed by atoms with van der Waals surface area (Å²) in [5.74, 6) is 1.17. The van der Waals surface area contributed by atoms with Gasteiger partial charge in [0, 0.05) is 24.6 Å². The Labute approximate surface area is 168 Å². The Kier molecular flexibility index (Phi) is 6.63. The number of methoxy groups -OCH3 is 2. The molecule has 150 valence electrons. The molecule has 0 aliphatic rings. The second-order valence-corrected chi connectivity index (χ2v) is 6.36. The number of aromatic nitrogens is 2. The lowest BCUT2D eigenvalue weighted by atomic mass is 10.1. The Bertz CT molecular complexity index is 1050. The van der Waals surface area contributed by atoms with Crippen molar-refractivity contribution in [2.45, 2.75) is 19.4 Å². The molecular weight excluding hydrogens is 370 g/mol. The molecule has 0 unspecified atom stereocenters. The number of anilines is 1. The smallest absolute Gasteiger partial charge is 0.266 e. The number of hydrogen-bond acceptors (Lipinski definition) is 5. The molecule has 0 aliphatic heterocycles. The van der Waals surface area contributed by atoms with Crippen LogP contribution in [-0.2, 0) is 11.3 Å². The molecule has 1 amide bonds. The zero-order valence-corrected chi connectivity index (χ0v) is 16.4. The topological polar surface area (TPSA) is 82.5 Å². The lowest BCUT2D eigenvalue weighted by Crippen LogP contribution is -2.23. The van der Waals surface area contributed by atoms with Crippen LogP contribution in [0.5, 0.6) is 11.5 Å². The SMILES string of the molecule is COc1cccc(-c2ccc(=O)n(CCCC(=O)Nc3ccccc3OC)n2)c1. The lowest BCUT2D eigenvalue weighted by Gasteiger charge is -2.10. The van der Waals surface area contributed by atoms with Crippen LogP contribution >= 0.6 is 0 Å². The van der Waals surface area contributed by atoms with Gasteiger partial charge in [-0.05, 0) is 36.8 Å². The molecule has 1 aromatic heterocycles. The van der Waals surface area contributed by atoms with Gasteiger partial charge in [0.1, 0.15) is 11.5 Å². The number of carbonyl (C=O) groups is 1. The molecule has 0 saturated carbocycles. The highest BCUT2D eigenvalue weighted by molar-refractivity contribution is 5.92. The Morgan fingerprint density at radius 1 is 1.03 bits per heavy atom. The molecule has 7 heteroatoms. The Morgan fingerprint density at radius 3 is 2.66 bits per heavy atom. The van der Waals surface area contributed by atoms with Crippen LogP contribution in [0, 0.1) is 0 Å². The molecule has 0 fully saturated rings. The minimum atomic E-state index is -0.207. The summed E-state index contributed by atoms with van der Waals surface area (Å²) in [4.78, 5) is 24.4. The van der Waals surface area contributed by atoms with Crippen molar-refractivity contribution in [1.29, 1.82) is 0 Å². The van der Waals surface area contributed by atoms with Crippen LogP contribution < -0.4 is 20.3 Å². The first-order chi connectivity index (χ1) is 14.1. The first-order valence-electron chi connectivity index (χ1n) is 9.26. The maximum Gasteiger partial charge on any atom is 0.266 e. The zero-order chi connectivity index (χ0) is 20.6. The minimum absolute atomic E-state index is 0.147. The molecule has 1 heterocycles. The lowest BCUT2D eigenvalue weighted by molar-refractivity contribution is -0.116. The highest BCUT2D eigenvalue weighted by Crippen LogP contribution is 2.23. The Balaban J connectivity index is 1.63. The molecule has 0 spiro atoms. The van der Waals surface area contributed by atoms with Crippen LogP contribution in [0.15, 0.2) is 65.5 Å². The van der Waals surface area contributed by atoms with Crippen molar-refractivity contribution >= 4 is 11.6 Å². The normalized spacial score (nSPS) is 10.4. The van der Waals surface area contributed by atoms with E-state index >= 15 is 0 Å². The number of para-hydroxylation sites is 2. The van der Waals surface area contributed by atoms with Gasteiger partial charge in [-0.25, -0.2) is 4.68 Å². The molecule has 2 aromatic carbocycles. The van der Waals surface area contributed by atoms with Crippen LogP contribution in [0.1, 0.15) is 12.8 Å². The fourth-order valence-corrected chi connectivity index (χ4v) is 2.90. The number of nitrogens with one attached hydrogen (secondary N) is 1. The third-order valence-electron chi connectivity index (χ3n) is 4.39. The summed E-state index contributed by atoms with van der Waals surface area (Å²) in [5.41, 5.74) is 1.94. The van der Waals surface area contributed by atoms with Gasteiger partial charge < -0.3 is 14.8 Å². The van der Waals surface area contributed by atoms with E-state index in [-0.39, 0.29) is 17.9 Å². The summed E-state index contributed by atoms with van der Waals surface area (Å²) in [6.45, 7) is 0.343. The second kappa shape index (κ2) is 9.54. The number of rotatable bonds is 8. The molecule has 7 nitrogen and oxygen atoms in total. The van der Waals surface area contributed by atoms with E-state index in [0.29, 0.717) is 30.1 Å². The summed E-state index contributed by atoms with van der Waals surface area (Å²) in [6.07, 6.45) is 0.741. The maximum absolute atomic E-state index is 12.2. The minimum Gasteiger partial charge on any atom is -0.497 e. The highest BCUT2D eigenvalue weighted by atomic mass is 16.5. The molecule has 1 N–H and O–H groups in total. The van der Waals surface area contributed by atoms with Crippen molar-refractivity contribution in [2.24, 2.45) is 0 Å². The van der Waals surface area contributed by atoms with E-state index in [9.17, 15) is 9.59 Å². The van der Waals surface area contributed by atoms with Crippen molar-refractivity contribution < 1.29 is 14.3 Å². The van der Waals surface area contributed by atoms with Gasteiger partial charge in [-0.15, -0.1) is 0 Å². The first kappa shape index (κ1) is 20.1. The van der Waals surface area contributed by atoms with Crippen LogP contribution in [0.25, 0.3) is 11.3 Å². The summed E-state index contributed by atoms with van der Waals surface area (Å²) in [6, 6.07) is 17.9. The fourth-order valence-electron chi connectivity index (χ4n) is 2.90. The Hall–Kier alpha value is -3.61. The predicted molar refractivity (Wildman–Crippen MR) is 111 cm³/mol. The molecule has 0 aliphatic carbocycles. The van der Waals surface area contributed by atoms with Crippen LogP contribution in [0.3, 0.4) is 0 Å². The summed E-state index contributed by atoms with van der Waals surface area (Å²) in [5, 5.41) is 7.25. The van der Waals surface area contributed by atoms with E-state index < -0.39 is 0 Å². The number of nitrogens with zero attached hydrogens (tertiary/aromatic N) is 2. The molecular formula is C22H23N3O4. The number of hydrogen-bond donors (Lipinski definition) is 1. The van der Waals surface area contributed by atoms with Crippen LogP contribution in [-0.4, -0.2) is 29.9 Å². The molecule has 0 atom stereocenters. The number of amides is 1. The second-order valence-electron chi connectivity index (χ2n) is 6.36. The largest absolute Gasteiger partial charge is 0.497 e. The average molecular weight is 393 g/mol. The monoisotopic (exact) mass is 393 g/mol. The van der Waals surface area contributed by atoms with E-state index in [0.717, 1.165) is 11.3 Å². The van der Waals surface area contributed by atoms with Gasteiger partial charge in [0.25, 0.3) is 5.56 Å². The number of aryl methyl sites for hydroxylation is 1. The zero-order valence-electron chi connectivity index (χ0n) is 16.4. The predicted octanol–water partition coefficient (Wildman–Crippen LogP) is 3.35. The summed E-state index contributed by atoms with van der Waals surface area (Å²) >= 11 is 0. The summed E-state index contributed by atoms with van der Waals surface area (Å²) in [7, 11) is 3.15. The van der Waals surface area contributed by atoms with Crippen LogP contribution in [0.2, 0.25) is 0 Å². The Morgan fingerprint density at radius 2 is 1.86 bits per heavy atom. The van der Waals surface area contributed by atoms with Crippen molar-refractivity contribution in [3.8, 4) is 22.8 Å². The van der Waals surface area contributed by atoms with Crippen molar-refractivity contribution in [1.82, 2.24) is 9.78 Å². The van der Waals surface area contributed by atoms with E-state index in [1.54, 1.807) is 32.4 Å². The summed E-state index contributed by atoms with van der Waals surface area (Å²) < 4.78 is 11.8. The molecule has 0 radical (unpaired) electrons. The van der Waals surface area contributed by atoms with Gasteiger partial charge in [-0.1, -0.05) is 24.3 Å². The van der Waals surface area contributed by atoms with E-state index in [2.05, 4.69) is 10.4 Å². The van der Waals surface area contributed by atoms with Gasteiger partial charge >= 0.3 is 0 Å². The molecule has 3 aromatic rings. The first-order valence-corrected chi connectivity index (χ1v) is 9.26. The fraction of sp³-hybridized carbons (Fsp3) is 0.227. The number of carbonyl (C=O) groups excluding carboxylic acids is 1. The maximum atomic E-state index is 12.2.